The van der Waals surface area contributed by atoms with Crippen molar-refractivity contribution in [3.63, 3.8) is 0 Å². The molecule has 3 aromatic carbocycles. The number of hydrogen-bond acceptors (Lipinski definition) is 1. The second-order valence-electron chi connectivity index (χ2n) is 5.33. The Morgan fingerprint density at radius 3 is 1.86 bits per heavy atom. The number of hydrogen-bond donors (Lipinski definition) is 0. The zero-order valence-electron chi connectivity index (χ0n) is 12.6. The minimum atomic E-state index is 0.750. The summed E-state index contributed by atoms with van der Waals surface area (Å²) in [7, 11) is 0. The molecule has 0 bridgehead atoms. The van der Waals surface area contributed by atoms with Gasteiger partial charge in [-0.3, -0.25) is 0 Å². The van der Waals surface area contributed by atoms with E-state index in [0.29, 0.717) is 0 Å². The van der Waals surface area contributed by atoms with E-state index in [1.54, 1.807) is 0 Å². The molecule has 0 unspecified atom stereocenters. The van der Waals surface area contributed by atoms with E-state index in [0.717, 1.165) is 25.2 Å². The number of aryl methyl sites for hydroxylation is 1. The van der Waals surface area contributed by atoms with Crippen molar-refractivity contribution in [2.75, 3.05) is 6.61 Å². The van der Waals surface area contributed by atoms with Crippen molar-refractivity contribution in [2.45, 2.75) is 12.8 Å². The van der Waals surface area contributed by atoms with Crippen LogP contribution in [0.3, 0.4) is 0 Å². The highest BCUT2D eigenvalue weighted by atomic mass is 16.5. The molecule has 0 N–H and O–H groups in total. The van der Waals surface area contributed by atoms with Crippen molar-refractivity contribution in [3.8, 4) is 16.9 Å². The van der Waals surface area contributed by atoms with E-state index in [4.69, 9.17) is 4.74 Å². The van der Waals surface area contributed by atoms with Crippen LogP contribution in [-0.4, -0.2) is 6.61 Å². The van der Waals surface area contributed by atoms with Gasteiger partial charge in [-0.15, -0.1) is 0 Å². The largest absolute Gasteiger partial charge is 0.494 e. The number of rotatable bonds is 6. The van der Waals surface area contributed by atoms with Crippen molar-refractivity contribution in [3.05, 3.63) is 90.5 Å². The van der Waals surface area contributed by atoms with Crippen LogP contribution >= 0.6 is 0 Å². The fraction of sp³-hybridized carbons (Fsp3) is 0.143. The van der Waals surface area contributed by atoms with Gasteiger partial charge in [0.15, 0.2) is 0 Å². The molecule has 0 aliphatic heterocycles. The first-order valence-corrected chi connectivity index (χ1v) is 7.74. The van der Waals surface area contributed by atoms with Crippen LogP contribution in [0.2, 0.25) is 0 Å². The molecule has 1 nitrogen and oxygen atoms in total. The van der Waals surface area contributed by atoms with Gasteiger partial charge in [-0.05, 0) is 41.7 Å². The van der Waals surface area contributed by atoms with E-state index in [2.05, 4.69) is 60.7 Å². The second kappa shape index (κ2) is 7.46. The summed E-state index contributed by atoms with van der Waals surface area (Å²) in [4.78, 5) is 0. The summed E-state index contributed by atoms with van der Waals surface area (Å²) in [6.45, 7) is 0.750. The van der Waals surface area contributed by atoms with Crippen LogP contribution < -0.4 is 4.74 Å². The first kappa shape index (κ1) is 14.4. The SMILES string of the molecule is c1ccc(CCCOc2ccc(-c3ccccc3)cc2)cc1. The lowest BCUT2D eigenvalue weighted by Gasteiger charge is -2.07. The quantitative estimate of drug-likeness (QED) is 0.554. The Labute approximate surface area is 132 Å². The Kier molecular flexibility index (Phi) is 4.88. The fourth-order valence-corrected chi connectivity index (χ4v) is 2.49. The van der Waals surface area contributed by atoms with Gasteiger partial charge in [-0.2, -0.15) is 0 Å². The van der Waals surface area contributed by atoms with Crippen molar-refractivity contribution in [2.24, 2.45) is 0 Å². The van der Waals surface area contributed by atoms with Gasteiger partial charge in [0.1, 0.15) is 5.75 Å². The molecule has 3 aromatic rings. The smallest absolute Gasteiger partial charge is 0.119 e. The third-order valence-electron chi connectivity index (χ3n) is 3.68. The maximum absolute atomic E-state index is 5.82. The monoisotopic (exact) mass is 288 g/mol. The zero-order chi connectivity index (χ0) is 15.0. The normalized spacial score (nSPS) is 10.4. The summed E-state index contributed by atoms with van der Waals surface area (Å²) in [5.41, 5.74) is 3.82. The van der Waals surface area contributed by atoms with Crippen LogP contribution in [0.25, 0.3) is 11.1 Å². The molecule has 0 atom stereocenters. The van der Waals surface area contributed by atoms with Crippen LogP contribution in [0, 0.1) is 0 Å². The van der Waals surface area contributed by atoms with Gasteiger partial charge in [0.25, 0.3) is 0 Å². The van der Waals surface area contributed by atoms with Crippen molar-refractivity contribution in [1.29, 1.82) is 0 Å². The molecule has 0 amide bonds. The summed E-state index contributed by atoms with van der Waals surface area (Å²) < 4.78 is 5.82. The molecule has 0 aliphatic rings. The molecule has 0 fully saturated rings. The molecule has 0 aliphatic carbocycles. The Morgan fingerprint density at radius 2 is 1.18 bits per heavy atom. The van der Waals surface area contributed by atoms with Crippen molar-refractivity contribution >= 4 is 0 Å². The van der Waals surface area contributed by atoms with Crippen molar-refractivity contribution in [1.82, 2.24) is 0 Å². The molecule has 110 valence electrons. The van der Waals surface area contributed by atoms with E-state index >= 15 is 0 Å². The fourth-order valence-electron chi connectivity index (χ4n) is 2.49. The predicted molar refractivity (Wildman–Crippen MR) is 92.1 cm³/mol. The molecule has 22 heavy (non-hydrogen) atoms. The lowest BCUT2D eigenvalue weighted by atomic mass is 10.1. The van der Waals surface area contributed by atoms with Gasteiger partial charge in [0.2, 0.25) is 0 Å². The third-order valence-corrected chi connectivity index (χ3v) is 3.68. The molecule has 0 saturated carbocycles. The maximum Gasteiger partial charge on any atom is 0.119 e. The summed E-state index contributed by atoms with van der Waals surface area (Å²) in [5, 5.41) is 0. The molecule has 3 rings (SSSR count). The lowest BCUT2D eigenvalue weighted by Crippen LogP contribution is -1.99. The minimum absolute atomic E-state index is 0.750. The van der Waals surface area contributed by atoms with E-state index in [1.165, 1.54) is 16.7 Å². The third kappa shape index (κ3) is 3.98. The van der Waals surface area contributed by atoms with Crippen LogP contribution in [-0.2, 0) is 6.42 Å². The Hall–Kier alpha value is -2.54. The topological polar surface area (TPSA) is 9.23 Å². The molecule has 0 heterocycles. The second-order valence-corrected chi connectivity index (χ2v) is 5.33. The maximum atomic E-state index is 5.82. The molecule has 0 aromatic heterocycles. The summed E-state index contributed by atoms with van der Waals surface area (Å²) in [6, 6.07) is 29.2. The van der Waals surface area contributed by atoms with E-state index in [9.17, 15) is 0 Å². The zero-order valence-corrected chi connectivity index (χ0v) is 12.6. The molecule has 0 radical (unpaired) electrons. The van der Waals surface area contributed by atoms with Crippen LogP contribution in [0.15, 0.2) is 84.9 Å². The Bertz CT molecular complexity index is 672. The molecular weight excluding hydrogens is 268 g/mol. The van der Waals surface area contributed by atoms with Crippen molar-refractivity contribution < 1.29 is 4.74 Å². The summed E-state index contributed by atoms with van der Waals surface area (Å²) >= 11 is 0. The van der Waals surface area contributed by atoms with E-state index in [1.807, 2.05) is 24.3 Å². The van der Waals surface area contributed by atoms with Gasteiger partial charge in [0, 0.05) is 0 Å². The van der Waals surface area contributed by atoms with Gasteiger partial charge in [0.05, 0.1) is 6.61 Å². The first-order chi connectivity index (χ1) is 10.9. The average molecular weight is 288 g/mol. The standard InChI is InChI=1S/C21H20O/c1-3-8-18(9-4-1)10-7-17-22-21-15-13-20(14-16-21)19-11-5-2-6-12-19/h1-6,8-9,11-16H,7,10,17H2. The Balaban J connectivity index is 1.49. The van der Waals surface area contributed by atoms with Crippen LogP contribution in [0.4, 0.5) is 0 Å². The lowest BCUT2D eigenvalue weighted by molar-refractivity contribution is 0.311. The van der Waals surface area contributed by atoms with Gasteiger partial charge in [-0.1, -0.05) is 72.8 Å². The van der Waals surface area contributed by atoms with Gasteiger partial charge < -0.3 is 4.74 Å². The first-order valence-electron chi connectivity index (χ1n) is 7.74. The van der Waals surface area contributed by atoms with E-state index < -0.39 is 0 Å². The summed E-state index contributed by atoms with van der Waals surface area (Å²) in [6.07, 6.45) is 2.09. The molecular formula is C21H20O. The summed E-state index contributed by atoms with van der Waals surface area (Å²) in [5.74, 6) is 0.938. The number of benzene rings is 3. The van der Waals surface area contributed by atoms with Gasteiger partial charge in [-0.25, -0.2) is 0 Å². The highest BCUT2D eigenvalue weighted by Crippen LogP contribution is 2.22. The molecule has 1 heteroatoms. The molecule has 0 saturated heterocycles. The highest BCUT2D eigenvalue weighted by Gasteiger charge is 1.98. The van der Waals surface area contributed by atoms with Crippen LogP contribution in [0.5, 0.6) is 5.75 Å². The van der Waals surface area contributed by atoms with Crippen LogP contribution in [0.1, 0.15) is 12.0 Å². The Morgan fingerprint density at radius 1 is 0.591 bits per heavy atom. The predicted octanol–water partition coefficient (Wildman–Crippen LogP) is 5.37. The van der Waals surface area contributed by atoms with E-state index in [-0.39, 0.29) is 0 Å². The highest BCUT2D eigenvalue weighted by molar-refractivity contribution is 5.63. The average Bonchev–Trinajstić information content (AvgIpc) is 2.61. The number of ether oxygens (including phenoxy) is 1. The minimum Gasteiger partial charge on any atom is -0.494 e. The molecule has 0 spiro atoms. The van der Waals surface area contributed by atoms with Gasteiger partial charge >= 0.3 is 0 Å².